The Labute approximate surface area is 226 Å². The third-order valence-electron chi connectivity index (χ3n) is 5.45. The second-order valence-corrected chi connectivity index (χ2v) is 10.5. The van der Waals surface area contributed by atoms with Gasteiger partial charge in [0.1, 0.15) is 5.82 Å². The van der Waals surface area contributed by atoms with E-state index in [9.17, 15) is 4.79 Å². The molecule has 0 fully saturated rings. The summed E-state index contributed by atoms with van der Waals surface area (Å²) in [6.07, 6.45) is -0.0348. The molecule has 12 heteroatoms. The zero-order chi connectivity index (χ0) is 25.9. The monoisotopic (exact) mass is 551 g/mol. The Balaban J connectivity index is 1.20. The highest BCUT2D eigenvalue weighted by molar-refractivity contribution is 7.98. The number of hydrogen-bond acceptors (Lipinski definition) is 9. The largest absolute Gasteiger partial charge is 0.338 e. The van der Waals surface area contributed by atoms with Gasteiger partial charge >= 0.3 is 0 Å². The van der Waals surface area contributed by atoms with Gasteiger partial charge in [0.15, 0.2) is 16.1 Å². The van der Waals surface area contributed by atoms with Crippen LogP contribution in [0, 0.1) is 20.8 Å². The highest BCUT2D eigenvalue weighted by Gasteiger charge is 2.17. The van der Waals surface area contributed by atoms with Gasteiger partial charge in [-0.1, -0.05) is 58.9 Å². The van der Waals surface area contributed by atoms with Crippen molar-refractivity contribution in [3.05, 3.63) is 81.5 Å². The fourth-order valence-corrected chi connectivity index (χ4v) is 5.44. The summed E-state index contributed by atoms with van der Waals surface area (Å²) in [4.78, 5) is 21.3. The van der Waals surface area contributed by atoms with Crippen molar-refractivity contribution < 1.29 is 9.32 Å². The Hall–Kier alpha value is -3.54. The molecule has 0 atom stereocenters. The smallest absolute Gasteiger partial charge is 0.237 e. The van der Waals surface area contributed by atoms with Gasteiger partial charge in [0, 0.05) is 16.0 Å². The molecule has 0 unspecified atom stereocenters. The molecule has 1 N–H and O–H groups in total. The molecule has 0 radical (unpaired) electrons. The lowest BCUT2D eigenvalue weighted by Gasteiger charge is -2.11. The van der Waals surface area contributed by atoms with Crippen molar-refractivity contribution in [1.82, 2.24) is 29.9 Å². The molecular weight excluding hydrogens is 530 g/mol. The molecule has 37 heavy (non-hydrogen) atoms. The molecule has 188 valence electrons. The number of rotatable bonds is 8. The first-order valence-electron chi connectivity index (χ1n) is 11.3. The van der Waals surface area contributed by atoms with Crippen LogP contribution in [0.4, 0.5) is 5.13 Å². The van der Waals surface area contributed by atoms with Gasteiger partial charge in [-0.05, 0) is 44.0 Å². The second-order valence-electron chi connectivity index (χ2n) is 8.29. The fraction of sp³-hybridized carbons (Fsp3) is 0.200. The maximum absolute atomic E-state index is 12.5. The van der Waals surface area contributed by atoms with Crippen molar-refractivity contribution in [2.24, 2.45) is 0 Å². The van der Waals surface area contributed by atoms with Crippen LogP contribution in [0.1, 0.15) is 28.7 Å². The molecule has 3 heterocycles. The maximum Gasteiger partial charge on any atom is 0.237 e. The number of aryl methyl sites for hydroxylation is 3. The van der Waals surface area contributed by atoms with Gasteiger partial charge in [-0.3, -0.25) is 9.36 Å². The lowest BCUT2D eigenvalue weighted by atomic mass is 10.1. The first kappa shape index (κ1) is 25.1. The molecule has 1 amide bonds. The molecule has 0 saturated heterocycles. The third-order valence-corrected chi connectivity index (χ3v) is 7.46. The van der Waals surface area contributed by atoms with Crippen LogP contribution in [0.5, 0.6) is 0 Å². The van der Waals surface area contributed by atoms with Gasteiger partial charge in [-0.25, -0.2) is 4.98 Å². The Kier molecular flexibility index (Phi) is 7.36. The minimum Gasteiger partial charge on any atom is -0.338 e. The third kappa shape index (κ3) is 5.74. The van der Waals surface area contributed by atoms with E-state index in [4.69, 9.17) is 16.1 Å². The Bertz CT molecular complexity index is 1580. The summed E-state index contributed by atoms with van der Waals surface area (Å²) in [5, 5.41) is 18.9. The van der Waals surface area contributed by atoms with Crippen LogP contribution in [0.25, 0.3) is 16.9 Å². The topological polar surface area (TPSA) is 112 Å². The van der Waals surface area contributed by atoms with E-state index in [0.29, 0.717) is 33.3 Å². The Morgan fingerprint density at radius 1 is 1.14 bits per heavy atom. The lowest BCUT2D eigenvalue weighted by Crippen LogP contribution is -2.15. The molecular formula is C25H22ClN7O2S2. The standard InChI is InChI=1S/C25H22ClN7O2S2/c1-14-8-9-15(2)20(10-14)33-16(3)30-31-25(33)37-13-23-28-21(32-35-23)11-22(34)29-24-27-19(12-36-24)17-6-4-5-7-18(17)26/h4-10,12H,11,13H2,1-3H3,(H,27,29,34). The van der Waals surface area contributed by atoms with Gasteiger partial charge in [-0.15, -0.1) is 21.5 Å². The average Bonchev–Trinajstić information content (AvgIpc) is 3.60. The summed E-state index contributed by atoms with van der Waals surface area (Å²) in [5.41, 5.74) is 4.83. The second kappa shape index (κ2) is 10.8. The average molecular weight is 552 g/mol. The Morgan fingerprint density at radius 2 is 1.97 bits per heavy atom. The summed E-state index contributed by atoms with van der Waals surface area (Å²) >= 11 is 9.00. The van der Waals surface area contributed by atoms with Crippen LogP contribution in [-0.2, 0) is 17.0 Å². The predicted octanol–water partition coefficient (Wildman–Crippen LogP) is 5.83. The number of halogens is 1. The van der Waals surface area contributed by atoms with Crippen LogP contribution >= 0.6 is 34.7 Å². The van der Waals surface area contributed by atoms with Crippen molar-refractivity contribution in [1.29, 1.82) is 0 Å². The van der Waals surface area contributed by atoms with Crippen LogP contribution < -0.4 is 5.32 Å². The van der Waals surface area contributed by atoms with Gasteiger partial charge in [0.2, 0.25) is 11.8 Å². The molecule has 9 nitrogen and oxygen atoms in total. The van der Waals surface area contributed by atoms with E-state index >= 15 is 0 Å². The molecule has 3 aromatic heterocycles. The molecule has 0 spiro atoms. The minimum absolute atomic E-state index is 0.0348. The van der Waals surface area contributed by atoms with Crippen molar-refractivity contribution >= 4 is 45.7 Å². The zero-order valence-corrected chi connectivity index (χ0v) is 22.6. The van der Waals surface area contributed by atoms with Crippen molar-refractivity contribution in [3.8, 4) is 16.9 Å². The van der Waals surface area contributed by atoms with Crippen LogP contribution in [0.3, 0.4) is 0 Å². The summed E-state index contributed by atoms with van der Waals surface area (Å²) in [7, 11) is 0. The summed E-state index contributed by atoms with van der Waals surface area (Å²) in [6, 6.07) is 13.7. The number of thioether (sulfide) groups is 1. The number of benzene rings is 2. The summed E-state index contributed by atoms with van der Waals surface area (Å²) in [6.45, 7) is 6.03. The first-order valence-corrected chi connectivity index (χ1v) is 13.6. The number of carbonyl (C=O) groups is 1. The van der Waals surface area contributed by atoms with Crippen LogP contribution in [0.15, 0.2) is 57.5 Å². The zero-order valence-electron chi connectivity index (χ0n) is 20.2. The van der Waals surface area contributed by atoms with Gasteiger partial charge in [0.05, 0.1) is 23.6 Å². The molecule has 5 rings (SSSR count). The van der Waals surface area contributed by atoms with Gasteiger partial charge < -0.3 is 9.84 Å². The molecule has 0 aliphatic heterocycles. The number of hydrogen-bond donors (Lipinski definition) is 1. The predicted molar refractivity (Wildman–Crippen MR) is 144 cm³/mol. The molecule has 0 saturated carbocycles. The highest BCUT2D eigenvalue weighted by Crippen LogP contribution is 2.30. The van der Waals surface area contributed by atoms with E-state index < -0.39 is 0 Å². The molecule has 0 aliphatic rings. The summed E-state index contributed by atoms with van der Waals surface area (Å²) in [5.74, 6) is 1.59. The number of amides is 1. The lowest BCUT2D eigenvalue weighted by molar-refractivity contribution is -0.115. The van der Waals surface area contributed by atoms with E-state index in [1.54, 1.807) is 6.07 Å². The number of carbonyl (C=O) groups excluding carboxylic acids is 1. The van der Waals surface area contributed by atoms with Gasteiger partial charge in [-0.2, -0.15) is 4.98 Å². The highest BCUT2D eigenvalue weighted by atomic mass is 35.5. The first-order chi connectivity index (χ1) is 17.9. The van der Waals surface area contributed by atoms with E-state index in [0.717, 1.165) is 33.4 Å². The summed E-state index contributed by atoms with van der Waals surface area (Å²) < 4.78 is 7.38. The van der Waals surface area contributed by atoms with E-state index in [1.807, 2.05) is 35.1 Å². The normalized spacial score (nSPS) is 11.1. The fourth-order valence-electron chi connectivity index (χ4n) is 3.65. The van der Waals surface area contributed by atoms with E-state index in [2.05, 4.69) is 62.7 Å². The number of thiazole rings is 1. The number of nitrogens with one attached hydrogen (secondary N) is 1. The molecule has 2 aromatic carbocycles. The Morgan fingerprint density at radius 3 is 2.81 bits per heavy atom. The quantitative estimate of drug-likeness (QED) is 0.240. The number of anilines is 1. The minimum atomic E-state index is -0.287. The van der Waals surface area contributed by atoms with Crippen LogP contribution in [0.2, 0.25) is 5.02 Å². The molecule has 5 aromatic rings. The van der Waals surface area contributed by atoms with Crippen molar-refractivity contribution in [2.75, 3.05) is 5.32 Å². The number of aromatic nitrogens is 6. The molecule has 0 bridgehead atoms. The van der Waals surface area contributed by atoms with E-state index in [-0.39, 0.29) is 12.3 Å². The number of nitrogens with zero attached hydrogens (tertiary/aromatic N) is 6. The van der Waals surface area contributed by atoms with E-state index in [1.165, 1.54) is 23.1 Å². The van der Waals surface area contributed by atoms with Crippen molar-refractivity contribution in [3.63, 3.8) is 0 Å². The maximum atomic E-state index is 12.5. The molecule has 0 aliphatic carbocycles. The van der Waals surface area contributed by atoms with Crippen LogP contribution in [-0.4, -0.2) is 35.8 Å². The SMILES string of the molecule is Cc1ccc(C)c(-n2c(C)nnc2SCc2nc(CC(=O)Nc3nc(-c4ccccc4Cl)cs3)no2)c1. The van der Waals surface area contributed by atoms with Gasteiger partial charge in [0.25, 0.3) is 0 Å². The van der Waals surface area contributed by atoms with Crippen molar-refractivity contribution in [2.45, 2.75) is 38.1 Å².